The number of aldehydes is 1. The van der Waals surface area contributed by atoms with Gasteiger partial charge in [-0.05, 0) is 25.1 Å². The molecule has 0 saturated heterocycles. The Morgan fingerprint density at radius 1 is 1.33 bits per heavy atom. The van der Waals surface area contributed by atoms with Crippen LogP contribution < -0.4 is 5.32 Å². The van der Waals surface area contributed by atoms with Gasteiger partial charge in [0.25, 0.3) is 0 Å². The predicted molar refractivity (Wildman–Crippen MR) is 59.4 cm³/mol. The highest BCUT2D eigenvalue weighted by atomic mass is 16.1. The molecular weight excluding hydrogens is 190 g/mol. The Kier molecular flexibility index (Phi) is 4.90. The lowest BCUT2D eigenvalue weighted by molar-refractivity contribution is -0.112. The maximum Gasteiger partial charge on any atom is 0.135 e. The zero-order valence-corrected chi connectivity index (χ0v) is 9.02. The summed E-state index contributed by atoms with van der Waals surface area (Å²) in [5, 5.41) is 10.7. The molecule has 1 aliphatic rings. The highest BCUT2D eigenvalue weighted by Crippen LogP contribution is 2.19. The fourth-order valence-corrected chi connectivity index (χ4v) is 1.32. The molecule has 82 valence electrons. The summed E-state index contributed by atoms with van der Waals surface area (Å²) in [4.78, 5) is 11.1. The van der Waals surface area contributed by atoms with Crippen molar-refractivity contribution in [1.82, 2.24) is 5.32 Å². The van der Waals surface area contributed by atoms with E-state index in [9.17, 15) is 4.79 Å². The molecule has 1 N–H and O–H groups in total. The zero-order valence-electron chi connectivity index (χ0n) is 9.02. The van der Waals surface area contributed by atoms with Crippen molar-refractivity contribution in [3.63, 3.8) is 0 Å². The van der Waals surface area contributed by atoms with Crippen LogP contribution in [-0.4, -0.2) is 19.4 Å². The minimum atomic E-state index is -0.586. The molecule has 0 radical (unpaired) electrons. The van der Waals surface area contributed by atoms with Gasteiger partial charge in [-0.3, -0.25) is 0 Å². The van der Waals surface area contributed by atoms with Gasteiger partial charge in [-0.25, -0.2) is 0 Å². The van der Waals surface area contributed by atoms with Gasteiger partial charge in [0.15, 0.2) is 0 Å². The smallest absolute Gasteiger partial charge is 0.135 e. The van der Waals surface area contributed by atoms with Gasteiger partial charge in [0.2, 0.25) is 0 Å². The van der Waals surface area contributed by atoms with Gasteiger partial charge in [0.1, 0.15) is 6.29 Å². The van der Waals surface area contributed by atoms with Crippen molar-refractivity contribution in [2.45, 2.75) is 19.8 Å². The third-order valence-corrected chi connectivity index (χ3v) is 2.33. The van der Waals surface area contributed by atoms with Crippen LogP contribution in [0.25, 0.3) is 0 Å². The fourth-order valence-electron chi connectivity index (χ4n) is 1.32. The van der Waals surface area contributed by atoms with E-state index in [1.807, 2.05) is 0 Å². The molecule has 1 aliphatic heterocycles. The average Bonchev–Trinajstić information content (AvgIpc) is 2.51. The molecule has 0 aromatic rings. The van der Waals surface area contributed by atoms with E-state index in [-0.39, 0.29) is 0 Å². The van der Waals surface area contributed by atoms with E-state index < -0.39 is 5.41 Å². The first-order valence-corrected chi connectivity index (χ1v) is 5.25. The number of unbranched alkanes of at least 4 members (excludes halogenated alkanes) is 1. The molecule has 0 aromatic carbocycles. The molecular formula is C11H17N3O. The first-order chi connectivity index (χ1) is 7.33. The first-order valence-electron chi connectivity index (χ1n) is 5.25. The van der Waals surface area contributed by atoms with Crippen LogP contribution in [0.1, 0.15) is 19.8 Å². The molecule has 0 aromatic heterocycles. The molecule has 0 amide bonds. The highest BCUT2D eigenvalue weighted by molar-refractivity contribution is 5.66. The first kappa shape index (κ1) is 11.8. The van der Waals surface area contributed by atoms with Crippen molar-refractivity contribution in [2.24, 2.45) is 15.6 Å². The van der Waals surface area contributed by atoms with Crippen molar-refractivity contribution in [2.75, 3.05) is 13.1 Å². The Hall–Kier alpha value is -1.29. The van der Waals surface area contributed by atoms with E-state index in [0.29, 0.717) is 6.54 Å². The van der Waals surface area contributed by atoms with E-state index in [1.165, 1.54) is 0 Å². The largest absolute Gasteiger partial charge is 0.315 e. The summed E-state index contributed by atoms with van der Waals surface area (Å²) in [6.07, 6.45) is 9.87. The number of azo groups is 1. The molecule has 0 bridgehead atoms. The van der Waals surface area contributed by atoms with E-state index in [0.717, 1.165) is 25.7 Å². The van der Waals surface area contributed by atoms with Crippen molar-refractivity contribution >= 4 is 6.29 Å². The Balaban J connectivity index is 2.49. The fraction of sp³-hybridized carbons (Fsp3) is 0.545. The summed E-state index contributed by atoms with van der Waals surface area (Å²) in [6.45, 7) is 3.68. The monoisotopic (exact) mass is 207 g/mol. The molecule has 4 nitrogen and oxygen atoms in total. The standard InChI is InChI=1S/C11H17N3O/c1-2-3-6-12-9-11(10-15)4-7-13-14-8-5-11/h4-5,7-8,10,12H,2-3,6,9H2,1H3. The Morgan fingerprint density at radius 3 is 2.53 bits per heavy atom. The van der Waals surface area contributed by atoms with Crippen LogP contribution in [0.5, 0.6) is 0 Å². The lowest BCUT2D eigenvalue weighted by Gasteiger charge is -2.19. The Morgan fingerprint density at radius 2 is 2.00 bits per heavy atom. The number of hydrogen-bond donors (Lipinski definition) is 1. The summed E-state index contributed by atoms with van der Waals surface area (Å²) >= 11 is 0. The summed E-state index contributed by atoms with van der Waals surface area (Å²) in [5.41, 5.74) is -0.586. The van der Waals surface area contributed by atoms with Crippen LogP contribution in [0.3, 0.4) is 0 Å². The number of carbonyl (C=O) groups is 1. The molecule has 0 atom stereocenters. The van der Waals surface area contributed by atoms with Gasteiger partial charge >= 0.3 is 0 Å². The number of carbonyl (C=O) groups excluding carboxylic acids is 1. The third kappa shape index (κ3) is 3.75. The predicted octanol–water partition coefficient (Wildman–Crippen LogP) is 2.05. The molecule has 0 spiro atoms. The van der Waals surface area contributed by atoms with Crippen molar-refractivity contribution in [3.8, 4) is 0 Å². The third-order valence-electron chi connectivity index (χ3n) is 2.33. The van der Waals surface area contributed by atoms with Gasteiger partial charge in [-0.2, -0.15) is 10.2 Å². The van der Waals surface area contributed by atoms with Crippen LogP contribution >= 0.6 is 0 Å². The van der Waals surface area contributed by atoms with Crippen LogP contribution in [0.2, 0.25) is 0 Å². The van der Waals surface area contributed by atoms with Gasteiger partial charge in [0, 0.05) is 18.9 Å². The van der Waals surface area contributed by atoms with E-state index in [2.05, 4.69) is 22.5 Å². The lowest BCUT2D eigenvalue weighted by Crippen LogP contribution is -2.33. The van der Waals surface area contributed by atoms with E-state index >= 15 is 0 Å². The summed E-state index contributed by atoms with van der Waals surface area (Å²) in [5.74, 6) is 0. The number of nitrogens with one attached hydrogen (secondary N) is 1. The summed E-state index contributed by atoms with van der Waals surface area (Å²) in [6, 6.07) is 0. The van der Waals surface area contributed by atoms with Crippen LogP contribution in [0.4, 0.5) is 0 Å². The zero-order chi connectivity index (χ0) is 11.0. The Labute approximate surface area is 90.2 Å². The van der Waals surface area contributed by atoms with Crippen molar-refractivity contribution in [3.05, 3.63) is 24.6 Å². The van der Waals surface area contributed by atoms with Crippen molar-refractivity contribution < 1.29 is 4.79 Å². The molecule has 4 heteroatoms. The minimum Gasteiger partial charge on any atom is -0.315 e. The van der Waals surface area contributed by atoms with Crippen LogP contribution in [0, 0.1) is 5.41 Å². The van der Waals surface area contributed by atoms with Crippen molar-refractivity contribution in [1.29, 1.82) is 0 Å². The number of nitrogens with zero attached hydrogens (tertiary/aromatic N) is 2. The minimum absolute atomic E-state index is 0.586. The van der Waals surface area contributed by atoms with Gasteiger partial charge < -0.3 is 10.1 Å². The van der Waals surface area contributed by atoms with E-state index in [4.69, 9.17) is 0 Å². The number of rotatable bonds is 6. The summed E-state index contributed by atoms with van der Waals surface area (Å²) < 4.78 is 0. The van der Waals surface area contributed by atoms with Gasteiger partial charge in [-0.15, -0.1) is 0 Å². The average molecular weight is 207 g/mol. The summed E-state index contributed by atoms with van der Waals surface area (Å²) in [7, 11) is 0. The van der Waals surface area contributed by atoms with Gasteiger partial charge in [0.05, 0.1) is 5.41 Å². The van der Waals surface area contributed by atoms with Gasteiger partial charge in [-0.1, -0.05) is 13.3 Å². The normalized spacial score (nSPS) is 17.7. The quantitative estimate of drug-likeness (QED) is 0.535. The molecule has 0 saturated carbocycles. The van der Waals surface area contributed by atoms with Crippen LogP contribution in [-0.2, 0) is 4.79 Å². The second kappa shape index (κ2) is 6.24. The molecule has 15 heavy (non-hydrogen) atoms. The molecule has 0 unspecified atom stereocenters. The SMILES string of the molecule is CCCCNCC1(C=O)C=CN=NC=C1. The Bertz CT molecular complexity index is 266. The molecule has 1 rings (SSSR count). The second-order valence-corrected chi connectivity index (χ2v) is 3.62. The molecule has 1 heterocycles. The molecule has 0 aliphatic carbocycles. The lowest BCUT2D eigenvalue weighted by atomic mass is 9.90. The maximum absolute atomic E-state index is 11.1. The van der Waals surface area contributed by atoms with Crippen LogP contribution in [0.15, 0.2) is 34.8 Å². The second-order valence-electron chi connectivity index (χ2n) is 3.62. The highest BCUT2D eigenvalue weighted by Gasteiger charge is 2.23. The number of hydrogen-bond acceptors (Lipinski definition) is 4. The maximum atomic E-state index is 11.1. The molecule has 0 fully saturated rings. The van der Waals surface area contributed by atoms with E-state index in [1.54, 1.807) is 24.6 Å². The topological polar surface area (TPSA) is 53.8 Å².